The minimum absolute atomic E-state index is 0.0184. The van der Waals surface area contributed by atoms with Crippen molar-refractivity contribution in [3.05, 3.63) is 75.8 Å². The predicted molar refractivity (Wildman–Crippen MR) is 98.9 cm³/mol. The van der Waals surface area contributed by atoms with E-state index < -0.39 is 0 Å². The molecule has 2 aromatic rings. The van der Waals surface area contributed by atoms with Crippen molar-refractivity contribution >= 4 is 46.9 Å². The van der Waals surface area contributed by atoms with Crippen LogP contribution in [0.15, 0.2) is 54.6 Å². The largest absolute Gasteiger partial charge is 0.322 e. The molecule has 1 fully saturated rings. The first-order chi connectivity index (χ1) is 11.1. The molecule has 23 heavy (non-hydrogen) atoms. The molecule has 1 aliphatic heterocycles. The first-order valence-electron chi connectivity index (χ1n) is 7.25. The molecule has 2 aromatic carbocycles. The molecular weight excluding hydrogens is 349 g/mol. The lowest BCUT2D eigenvalue weighted by Gasteiger charge is -2.22. The molecule has 3 rings (SSSR count). The van der Waals surface area contributed by atoms with Crippen LogP contribution < -0.4 is 0 Å². The highest BCUT2D eigenvalue weighted by molar-refractivity contribution is 7.99. The summed E-state index contributed by atoms with van der Waals surface area (Å²) in [6.07, 6.45) is 3.44. The summed E-state index contributed by atoms with van der Waals surface area (Å²) < 4.78 is 0. The van der Waals surface area contributed by atoms with Crippen molar-refractivity contribution in [2.75, 3.05) is 12.3 Å². The van der Waals surface area contributed by atoms with Crippen molar-refractivity contribution in [1.82, 2.24) is 4.90 Å². The fraction of sp³-hybridized carbons (Fsp3) is 0.167. The van der Waals surface area contributed by atoms with Gasteiger partial charge in [0.1, 0.15) is 5.37 Å². The van der Waals surface area contributed by atoms with Gasteiger partial charge in [-0.3, -0.25) is 4.79 Å². The lowest BCUT2D eigenvalue weighted by Crippen LogP contribution is -2.28. The molecule has 2 nitrogen and oxygen atoms in total. The van der Waals surface area contributed by atoms with Gasteiger partial charge in [0.25, 0.3) is 0 Å². The Balaban J connectivity index is 1.73. The van der Waals surface area contributed by atoms with Crippen molar-refractivity contribution in [1.29, 1.82) is 0 Å². The molecule has 5 heteroatoms. The smallest absolute Gasteiger partial charge is 0.247 e. The summed E-state index contributed by atoms with van der Waals surface area (Å²) in [5.41, 5.74) is 2.06. The number of hydrogen-bond acceptors (Lipinski definition) is 2. The molecule has 1 atom stereocenters. The van der Waals surface area contributed by atoms with Crippen LogP contribution in [0.2, 0.25) is 10.0 Å². The van der Waals surface area contributed by atoms with E-state index in [2.05, 4.69) is 0 Å². The number of amides is 1. The lowest BCUT2D eigenvalue weighted by atomic mass is 10.2. The number of rotatable bonds is 3. The molecule has 0 spiro atoms. The van der Waals surface area contributed by atoms with Gasteiger partial charge < -0.3 is 4.90 Å². The summed E-state index contributed by atoms with van der Waals surface area (Å²) in [5, 5.41) is 1.44. The first kappa shape index (κ1) is 16.4. The molecule has 0 bridgehead atoms. The van der Waals surface area contributed by atoms with Gasteiger partial charge in [0.2, 0.25) is 5.91 Å². The van der Waals surface area contributed by atoms with Crippen molar-refractivity contribution in [3.8, 4) is 0 Å². The van der Waals surface area contributed by atoms with E-state index in [9.17, 15) is 4.79 Å². The summed E-state index contributed by atoms with van der Waals surface area (Å²) in [6, 6.07) is 15.1. The molecule has 0 aromatic heterocycles. The third kappa shape index (κ3) is 4.11. The molecular formula is C18H15Cl2NOS. The van der Waals surface area contributed by atoms with Gasteiger partial charge >= 0.3 is 0 Å². The number of nitrogens with zero attached hydrogens (tertiary/aromatic N) is 1. The van der Waals surface area contributed by atoms with Gasteiger partial charge in [0.05, 0.1) is 0 Å². The van der Waals surface area contributed by atoms with E-state index in [-0.39, 0.29) is 11.3 Å². The van der Waals surface area contributed by atoms with E-state index >= 15 is 0 Å². The molecule has 1 heterocycles. The van der Waals surface area contributed by atoms with Crippen LogP contribution in [-0.4, -0.2) is 23.1 Å². The second kappa shape index (κ2) is 7.43. The predicted octanol–water partition coefficient (Wildman–Crippen LogP) is 5.28. The average Bonchev–Trinajstić information content (AvgIpc) is 3.04. The molecule has 0 radical (unpaired) electrons. The van der Waals surface area contributed by atoms with Gasteiger partial charge in [0.15, 0.2) is 0 Å². The topological polar surface area (TPSA) is 20.3 Å². The van der Waals surface area contributed by atoms with Crippen molar-refractivity contribution in [2.45, 2.75) is 5.37 Å². The Morgan fingerprint density at radius 3 is 2.30 bits per heavy atom. The summed E-state index contributed by atoms with van der Waals surface area (Å²) in [5.74, 6) is 0.957. The van der Waals surface area contributed by atoms with Crippen LogP contribution in [0.3, 0.4) is 0 Å². The number of hydrogen-bond donors (Lipinski definition) is 0. The third-order valence-corrected chi connectivity index (χ3v) is 5.38. The number of benzene rings is 2. The Bertz CT molecular complexity index is 713. The van der Waals surface area contributed by atoms with Crippen LogP contribution in [0.5, 0.6) is 0 Å². The maximum absolute atomic E-state index is 12.5. The molecule has 0 N–H and O–H groups in total. The quantitative estimate of drug-likeness (QED) is 0.691. The van der Waals surface area contributed by atoms with Crippen LogP contribution in [0.4, 0.5) is 0 Å². The first-order valence-corrected chi connectivity index (χ1v) is 9.05. The van der Waals surface area contributed by atoms with Crippen LogP contribution >= 0.6 is 35.0 Å². The monoisotopic (exact) mass is 363 g/mol. The van der Waals surface area contributed by atoms with Gasteiger partial charge in [-0.05, 0) is 41.5 Å². The Morgan fingerprint density at radius 2 is 1.65 bits per heavy atom. The normalized spacial score (nSPS) is 17.8. The maximum atomic E-state index is 12.5. The van der Waals surface area contributed by atoms with Gasteiger partial charge in [-0.25, -0.2) is 0 Å². The molecule has 1 unspecified atom stereocenters. The fourth-order valence-electron chi connectivity index (χ4n) is 2.44. The SMILES string of the molecule is O=C(/C=C/c1ccc(Cl)cc1)N1CCSC1c1ccc(Cl)cc1. The van der Waals surface area contributed by atoms with Crippen molar-refractivity contribution in [2.24, 2.45) is 0 Å². The summed E-state index contributed by atoms with van der Waals surface area (Å²) in [7, 11) is 0. The summed E-state index contributed by atoms with van der Waals surface area (Å²) in [6.45, 7) is 0.752. The van der Waals surface area contributed by atoms with Crippen LogP contribution in [-0.2, 0) is 4.79 Å². The van der Waals surface area contributed by atoms with E-state index in [0.717, 1.165) is 23.4 Å². The lowest BCUT2D eigenvalue weighted by molar-refractivity contribution is -0.126. The fourth-order valence-corrected chi connectivity index (χ4v) is 3.95. The highest BCUT2D eigenvalue weighted by Gasteiger charge is 2.29. The van der Waals surface area contributed by atoms with E-state index in [0.29, 0.717) is 10.0 Å². The van der Waals surface area contributed by atoms with Crippen LogP contribution in [0.1, 0.15) is 16.5 Å². The van der Waals surface area contributed by atoms with E-state index in [1.807, 2.05) is 59.5 Å². The number of carbonyl (C=O) groups excluding carboxylic acids is 1. The molecule has 1 amide bonds. The number of halogens is 2. The Hall–Kier alpha value is -1.42. The van der Waals surface area contributed by atoms with E-state index in [4.69, 9.17) is 23.2 Å². The highest BCUT2D eigenvalue weighted by Crippen LogP contribution is 2.38. The van der Waals surface area contributed by atoms with Gasteiger partial charge in [-0.15, -0.1) is 11.8 Å². The zero-order chi connectivity index (χ0) is 16.2. The third-order valence-electron chi connectivity index (χ3n) is 3.62. The Kier molecular flexibility index (Phi) is 5.31. The zero-order valence-corrected chi connectivity index (χ0v) is 14.6. The Morgan fingerprint density at radius 1 is 1.04 bits per heavy atom. The summed E-state index contributed by atoms with van der Waals surface area (Å²) >= 11 is 13.6. The molecule has 118 valence electrons. The van der Waals surface area contributed by atoms with Gasteiger partial charge in [0, 0.05) is 28.4 Å². The average molecular weight is 364 g/mol. The van der Waals surface area contributed by atoms with E-state index in [1.165, 1.54) is 0 Å². The second-order valence-electron chi connectivity index (χ2n) is 5.19. The molecule has 0 aliphatic carbocycles. The minimum atomic E-state index is 0.0184. The minimum Gasteiger partial charge on any atom is -0.322 e. The number of thioether (sulfide) groups is 1. The molecule has 1 saturated heterocycles. The molecule has 1 aliphatic rings. The highest BCUT2D eigenvalue weighted by atomic mass is 35.5. The van der Waals surface area contributed by atoms with Crippen molar-refractivity contribution < 1.29 is 4.79 Å². The van der Waals surface area contributed by atoms with Gasteiger partial charge in [-0.1, -0.05) is 47.5 Å². The zero-order valence-electron chi connectivity index (χ0n) is 12.3. The summed E-state index contributed by atoms with van der Waals surface area (Å²) in [4.78, 5) is 14.4. The number of carbonyl (C=O) groups is 1. The molecule has 0 saturated carbocycles. The van der Waals surface area contributed by atoms with Crippen LogP contribution in [0, 0.1) is 0 Å². The maximum Gasteiger partial charge on any atom is 0.247 e. The van der Waals surface area contributed by atoms with Gasteiger partial charge in [-0.2, -0.15) is 0 Å². The standard InChI is InChI=1S/C18H15Cl2NOS/c19-15-6-1-13(2-7-15)3-10-17(22)21-11-12-23-18(21)14-4-8-16(20)9-5-14/h1-10,18H,11-12H2/b10-3+. The van der Waals surface area contributed by atoms with Crippen LogP contribution in [0.25, 0.3) is 6.08 Å². The second-order valence-corrected chi connectivity index (χ2v) is 7.25. The Labute approximate surface area is 150 Å². The van der Waals surface area contributed by atoms with E-state index in [1.54, 1.807) is 17.8 Å². The van der Waals surface area contributed by atoms with Crippen molar-refractivity contribution in [3.63, 3.8) is 0 Å².